The molecule has 1 heterocycles. The zero-order chi connectivity index (χ0) is 9.14. The predicted octanol–water partition coefficient (Wildman–Crippen LogP) is 0.834. The first kappa shape index (κ1) is 9.23. The van der Waals surface area contributed by atoms with Gasteiger partial charge in [0.2, 0.25) is 5.91 Å². The van der Waals surface area contributed by atoms with E-state index in [0.717, 1.165) is 0 Å². The van der Waals surface area contributed by atoms with Crippen molar-refractivity contribution in [2.75, 3.05) is 13.1 Å². The molecule has 0 aromatic rings. The lowest BCUT2D eigenvalue weighted by molar-refractivity contribution is -0.140. The third kappa shape index (κ3) is 2.32. The number of nitrogens with zero attached hydrogens (tertiary/aromatic N) is 1. The maximum atomic E-state index is 11.2. The zero-order valence-corrected chi connectivity index (χ0v) is 7.67. The number of hydrogen-bond acceptors (Lipinski definition) is 2. The maximum absolute atomic E-state index is 11.2. The number of piperidine rings is 1. The number of amides is 1. The fourth-order valence-corrected chi connectivity index (χ4v) is 1.39. The summed E-state index contributed by atoms with van der Waals surface area (Å²) in [4.78, 5) is 23.9. The minimum absolute atomic E-state index is 0.128. The normalized spacial score (nSPS) is 19.1. The van der Waals surface area contributed by atoms with E-state index in [-0.39, 0.29) is 11.7 Å². The molecule has 0 aromatic carbocycles. The van der Waals surface area contributed by atoms with Crippen LogP contribution in [0.5, 0.6) is 0 Å². The Morgan fingerprint density at radius 3 is 2.58 bits per heavy atom. The molecule has 0 bridgehead atoms. The summed E-state index contributed by atoms with van der Waals surface area (Å²) in [6.45, 7) is 5.14. The van der Waals surface area contributed by atoms with Crippen molar-refractivity contribution in [1.29, 1.82) is 0 Å². The number of likely N-dealkylation sites (tertiary alicyclic amines) is 1. The van der Waals surface area contributed by atoms with Crippen molar-refractivity contribution in [3.8, 4) is 0 Å². The molecule has 1 fully saturated rings. The Morgan fingerprint density at radius 2 is 2.00 bits per heavy atom. The molecule has 0 aliphatic carbocycles. The molecule has 1 aliphatic heterocycles. The number of carbonyl (C=O) groups is 2. The molecular weight excluding hydrogens is 154 g/mol. The third-order valence-corrected chi connectivity index (χ3v) is 1.92. The molecule has 0 atom stereocenters. The Morgan fingerprint density at radius 1 is 1.33 bits per heavy atom. The molecule has 0 unspecified atom stereocenters. The van der Waals surface area contributed by atoms with Gasteiger partial charge >= 0.3 is 0 Å². The van der Waals surface area contributed by atoms with E-state index >= 15 is 0 Å². The summed E-state index contributed by atoms with van der Waals surface area (Å²) in [7, 11) is 0. The minimum atomic E-state index is 0.128. The number of hydrogen-bond donors (Lipinski definition) is 0. The van der Waals surface area contributed by atoms with E-state index in [1.165, 1.54) is 0 Å². The summed E-state index contributed by atoms with van der Waals surface area (Å²) in [5.41, 5.74) is 0. The first-order valence-electron chi connectivity index (χ1n) is 4.39. The second-order valence-corrected chi connectivity index (χ2v) is 3.71. The smallest absolute Gasteiger partial charge is 0.223 e. The van der Waals surface area contributed by atoms with Gasteiger partial charge in [-0.2, -0.15) is 0 Å². The first-order valence-corrected chi connectivity index (χ1v) is 4.39. The molecule has 1 aliphatic rings. The van der Waals surface area contributed by atoms with Crippen molar-refractivity contribution in [2.45, 2.75) is 26.7 Å². The van der Waals surface area contributed by atoms with E-state index in [0.29, 0.717) is 31.8 Å². The molecule has 3 nitrogen and oxygen atoms in total. The van der Waals surface area contributed by atoms with Crippen molar-refractivity contribution < 1.29 is 9.59 Å². The summed E-state index contributed by atoms with van der Waals surface area (Å²) in [6, 6.07) is 0. The molecule has 0 saturated carbocycles. The van der Waals surface area contributed by atoms with Crippen LogP contribution in [0.15, 0.2) is 0 Å². The van der Waals surface area contributed by atoms with E-state index in [4.69, 9.17) is 0 Å². The van der Waals surface area contributed by atoms with Crippen LogP contribution in [0.2, 0.25) is 0 Å². The van der Waals surface area contributed by atoms with Crippen LogP contribution < -0.4 is 0 Å². The number of carbonyl (C=O) groups excluding carboxylic acids is 2. The van der Waals surface area contributed by atoms with Gasteiger partial charge in [-0.15, -0.1) is 0 Å². The van der Waals surface area contributed by atoms with Crippen LogP contribution in [0.25, 0.3) is 0 Å². The monoisotopic (exact) mass is 169 g/mol. The third-order valence-electron chi connectivity index (χ3n) is 1.92. The maximum Gasteiger partial charge on any atom is 0.223 e. The lowest BCUT2D eigenvalue weighted by Crippen LogP contribution is -2.42. The Balaban J connectivity index is 2.49. The molecule has 0 spiro atoms. The van der Waals surface area contributed by atoms with Crippen LogP contribution in [0.3, 0.4) is 0 Å². The van der Waals surface area contributed by atoms with Crippen LogP contribution in [-0.2, 0) is 9.59 Å². The lowest BCUT2D eigenvalue weighted by atomic mass is 10.1. The van der Waals surface area contributed by atoms with Crippen LogP contribution in [0.1, 0.15) is 26.7 Å². The van der Waals surface area contributed by atoms with E-state index < -0.39 is 0 Å². The van der Waals surface area contributed by atoms with Crippen LogP contribution in [-0.4, -0.2) is 29.7 Å². The highest BCUT2D eigenvalue weighted by molar-refractivity contribution is 5.92. The van der Waals surface area contributed by atoms with Gasteiger partial charge in [-0.25, -0.2) is 0 Å². The summed E-state index contributed by atoms with van der Waals surface area (Å²) < 4.78 is 0. The van der Waals surface area contributed by atoms with E-state index in [1.807, 2.05) is 13.8 Å². The standard InChI is InChI=1S/C9H15NO2/c1-7(2)5-10-6-8(11)3-4-9(10)12/h7H,3-6H2,1-2H3. The summed E-state index contributed by atoms with van der Waals surface area (Å²) in [5, 5.41) is 0. The number of rotatable bonds is 2. The molecular formula is C9H15NO2. The SMILES string of the molecule is CC(C)CN1CC(=O)CCC1=O. The van der Waals surface area contributed by atoms with Gasteiger partial charge in [-0.1, -0.05) is 13.8 Å². The van der Waals surface area contributed by atoms with E-state index in [2.05, 4.69) is 0 Å². The average molecular weight is 169 g/mol. The van der Waals surface area contributed by atoms with Crippen molar-refractivity contribution in [2.24, 2.45) is 5.92 Å². The number of Topliss-reactive ketones (excluding diaryl/α,β-unsaturated/α-hetero) is 1. The largest absolute Gasteiger partial charge is 0.335 e. The Kier molecular flexibility index (Phi) is 2.84. The van der Waals surface area contributed by atoms with Gasteiger partial charge in [-0.05, 0) is 5.92 Å². The first-order chi connectivity index (χ1) is 5.59. The van der Waals surface area contributed by atoms with Gasteiger partial charge < -0.3 is 4.90 Å². The molecule has 0 N–H and O–H groups in total. The lowest BCUT2D eigenvalue weighted by Gasteiger charge is -2.27. The molecule has 1 rings (SSSR count). The fourth-order valence-electron chi connectivity index (χ4n) is 1.39. The Labute approximate surface area is 72.7 Å². The topological polar surface area (TPSA) is 37.4 Å². The van der Waals surface area contributed by atoms with Crippen LogP contribution in [0, 0.1) is 5.92 Å². The molecule has 1 amide bonds. The highest BCUT2D eigenvalue weighted by Gasteiger charge is 2.23. The van der Waals surface area contributed by atoms with E-state index in [1.54, 1.807) is 4.90 Å². The molecule has 12 heavy (non-hydrogen) atoms. The van der Waals surface area contributed by atoms with Gasteiger partial charge in [0.25, 0.3) is 0 Å². The van der Waals surface area contributed by atoms with Crippen molar-refractivity contribution in [1.82, 2.24) is 4.90 Å². The average Bonchev–Trinajstić information content (AvgIpc) is 1.96. The second kappa shape index (κ2) is 3.70. The minimum Gasteiger partial charge on any atom is -0.335 e. The van der Waals surface area contributed by atoms with Gasteiger partial charge in [0.05, 0.1) is 6.54 Å². The highest BCUT2D eigenvalue weighted by atomic mass is 16.2. The summed E-state index contributed by atoms with van der Waals surface area (Å²) >= 11 is 0. The van der Waals surface area contributed by atoms with Gasteiger partial charge in [-0.3, -0.25) is 9.59 Å². The Bertz CT molecular complexity index is 199. The van der Waals surface area contributed by atoms with Gasteiger partial charge in [0.1, 0.15) is 0 Å². The Hall–Kier alpha value is -0.860. The van der Waals surface area contributed by atoms with Crippen molar-refractivity contribution >= 4 is 11.7 Å². The van der Waals surface area contributed by atoms with Crippen molar-refractivity contribution in [3.63, 3.8) is 0 Å². The predicted molar refractivity (Wildman–Crippen MR) is 45.7 cm³/mol. The highest BCUT2D eigenvalue weighted by Crippen LogP contribution is 2.09. The second-order valence-electron chi connectivity index (χ2n) is 3.71. The molecule has 0 aromatic heterocycles. The molecule has 68 valence electrons. The quantitative estimate of drug-likeness (QED) is 0.614. The fraction of sp³-hybridized carbons (Fsp3) is 0.778. The molecule has 1 saturated heterocycles. The molecule has 3 heteroatoms. The zero-order valence-electron chi connectivity index (χ0n) is 7.67. The van der Waals surface area contributed by atoms with Crippen molar-refractivity contribution in [3.05, 3.63) is 0 Å². The summed E-state index contributed by atoms with van der Waals surface area (Å²) in [5.74, 6) is 0.762. The number of ketones is 1. The molecule has 0 radical (unpaired) electrons. The van der Waals surface area contributed by atoms with Gasteiger partial charge in [0.15, 0.2) is 5.78 Å². The van der Waals surface area contributed by atoms with Crippen LogP contribution in [0.4, 0.5) is 0 Å². The summed E-state index contributed by atoms with van der Waals surface area (Å²) in [6.07, 6.45) is 0.846. The van der Waals surface area contributed by atoms with E-state index in [9.17, 15) is 9.59 Å². The van der Waals surface area contributed by atoms with Crippen LogP contribution >= 0.6 is 0 Å². The van der Waals surface area contributed by atoms with Gasteiger partial charge in [0, 0.05) is 19.4 Å².